The number of nitrogens with one attached hydrogen (secondary N) is 1. The first-order valence-electron chi connectivity index (χ1n) is 8.28. The Balaban J connectivity index is 1.65. The molecule has 0 aliphatic carbocycles. The highest BCUT2D eigenvalue weighted by Crippen LogP contribution is 2.34. The van der Waals surface area contributed by atoms with Crippen molar-refractivity contribution in [3.8, 4) is 0 Å². The van der Waals surface area contributed by atoms with Crippen LogP contribution >= 0.6 is 22.7 Å². The second kappa shape index (κ2) is 9.57. The molecule has 3 N–H and O–H groups in total. The lowest BCUT2D eigenvalue weighted by molar-refractivity contribution is 0.480. The zero-order valence-electron chi connectivity index (χ0n) is 13.1. The normalized spacial score (nSPS) is 13.0. The van der Waals surface area contributed by atoms with Gasteiger partial charge in [0.05, 0.1) is 6.04 Å². The molecule has 2 nitrogen and oxygen atoms in total. The summed E-state index contributed by atoms with van der Waals surface area (Å²) in [5.74, 6) is 5.75. The van der Waals surface area contributed by atoms with Gasteiger partial charge >= 0.3 is 0 Å². The van der Waals surface area contributed by atoms with Crippen LogP contribution in [-0.2, 0) is 0 Å². The van der Waals surface area contributed by atoms with E-state index in [0.29, 0.717) is 6.04 Å². The van der Waals surface area contributed by atoms with Gasteiger partial charge in [-0.05, 0) is 23.9 Å². The van der Waals surface area contributed by atoms with E-state index in [1.165, 1.54) is 65.6 Å². The van der Waals surface area contributed by atoms with Gasteiger partial charge in [-0.1, -0.05) is 58.3 Å². The smallest absolute Gasteiger partial charge is 0.0554 e. The van der Waals surface area contributed by atoms with E-state index in [2.05, 4.69) is 29.9 Å². The van der Waals surface area contributed by atoms with E-state index >= 15 is 0 Å². The van der Waals surface area contributed by atoms with Crippen LogP contribution in [0.15, 0.2) is 17.5 Å². The molecule has 21 heavy (non-hydrogen) atoms. The lowest BCUT2D eigenvalue weighted by Gasteiger charge is -2.13. The molecule has 2 aromatic rings. The van der Waals surface area contributed by atoms with Gasteiger partial charge < -0.3 is 0 Å². The molecule has 1 unspecified atom stereocenters. The molecule has 1 atom stereocenters. The fourth-order valence-electron chi connectivity index (χ4n) is 2.75. The number of hydrazine groups is 1. The van der Waals surface area contributed by atoms with Crippen LogP contribution in [0.2, 0.25) is 0 Å². The lowest BCUT2D eigenvalue weighted by Crippen LogP contribution is -2.27. The summed E-state index contributed by atoms with van der Waals surface area (Å²) in [7, 11) is 0. The zero-order valence-corrected chi connectivity index (χ0v) is 14.7. The Morgan fingerprint density at radius 3 is 2.43 bits per heavy atom. The van der Waals surface area contributed by atoms with Crippen LogP contribution in [0.25, 0.3) is 9.40 Å². The molecule has 4 heteroatoms. The minimum atomic E-state index is 0.328. The van der Waals surface area contributed by atoms with Crippen LogP contribution < -0.4 is 11.3 Å². The van der Waals surface area contributed by atoms with E-state index in [4.69, 9.17) is 5.84 Å². The fourth-order valence-corrected chi connectivity index (χ4v) is 4.96. The lowest BCUT2D eigenvalue weighted by atomic mass is 10.0. The van der Waals surface area contributed by atoms with Gasteiger partial charge in [0.1, 0.15) is 0 Å². The van der Waals surface area contributed by atoms with Crippen LogP contribution in [0.4, 0.5) is 0 Å². The second-order valence-corrected chi connectivity index (χ2v) is 7.84. The number of fused-ring (bicyclic) bond motifs is 1. The first-order valence-corrected chi connectivity index (χ1v) is 9.97. The number of nitrogens with two attached hydrogens (primary N) is 1. The van der Waals surface area contributed by atoms with Gasteiger partial charge in [-0.2, -0.15) is 0 Å². The molecule has 2 aromatic heterocycles. The average Bonchev–Trinajstić information content (AvgIpc) is 3.07. The first-order chi connectivity index (χ1) is 10.3. The van der Waals surface area contributed by atoms with Gasteiger partial charge in [-0.15, -0.1) is 22.7 Å². The highest BCUT2D eigenvalue weighted by Gasteiger charge is 2.13. The Hall–Kier alpha value is -0.420. The average molecular weight is 325 g/mol. The molecular weight excluding hydrogens is 296 g/mol. The third-order valence-corrected chi connectivity index (χ3v) is 6.26. The molecule has 2 heterocycles. The van der Waals surface area contributed by atoms with Gasteiger partial charge in [0.2, 0.25) is 0 Å². The molecule has 2 rings (SSSR count). The highest BCUT2D eigenvalue weighted by atomic mass is 32.1. The van der Waals surface area contributed by atoms with E-state index in [1.807, 2.05) is 22.7 Å². The van der Waals surface area contributed by atoms with Crippen molar-refractivity contribution in [1.82, 2.24) is 5.43 Å². The molecule has 0 aliphatic rings. The van der Waals surface area contributed by atoms with E-state index in [-0.39, 0.29) is 0 Å². The summed E-state index contributed by atoms with van der Waals surface area (Å²) >= 11 is 3.70. The first kappa shape index (κ1) is 16.9. The van der Waals surface area contributed by atoms with Crippen molar-refractivity contribution in [1.29, 1.82) is 0 Å². The molecule has 0 amide bonds. The SMILES string of the molecule is CCCCCCCCCCC(NN)c1cc2sccc2s1. The number of hydrogen-bond acceptors (Lipinski definition) is 4. The van der Waals surface area contributed by atoms with Crippen LogP contribution in [-0.4, -0.2) is 0 Å². The molecule has 0 saturated carbocycles. The summed E-state index contributed by atoms with van der Waals surface area (Å²) in [5, 5.41) is 2.16. The van der Waals surface area contributed by atoms with Crippen molar-refractivity contribution in [3.05, 3.63) is 22.4 Å². The topological polar surface area (TPSA) is 38.0 Å². The molecule has 118 valence electrons. The van der Waals surface area contributed by atoms with E-state index in [1.54, 1.807) is 0 Å². The Bertz CT molecular complexity index is 475. The number of thiophene rings is 2. The van der Waals surface area contributed by atoms with Gasteiger partial charge in [-0.25, -0.2) is 0 Å². The van der Waals surface area contributed by atoms with Crippen molar-refractivity contribution in [3.63, 3.8) is 0 Å². The molecule has 0 fully saturated rings. The molecule has 0 aliphatic heterocycles. The molecule has 0 radical (unpaired) electrons. The molecular formula is C17H28N2S2. The number of unbranched alkanes of at least 4 members (excludes halogenated alkanes) is 7. The van der Waals surface area contributed by atoms with E-state index in [0.717, 1.165) is 6.42 Å². The van der Waals surface area contributed by atoms with Gasteiger partial charge in [-0.3, -0.25) is 11.3 Å². The van der Waals surface area contributed by atoms with E-state index < -0.39 is 0 Å². The largest absolute Gasteiger partial charge is 0.271 e. The summed E-state index contributed by atoms with van der Waals surface area (Å²) < 4.78 is 2.79. The van der Waals surface area contributed by atoms with Gasteiger partial charge in [0, 0.05) is 14.3 Å². The van der Waals surface area contributed by atoms with Crippen molar-refractivity contribution in [2.75, 3.05) is 0 Å². The summed E-state index contributed by atoms with van der Waals surface area (Å²) in [6.07, 6.45) is 12.1. The molecule has 0 spiro atoms. The maximum absolute atomic E-state index is 5.75. The second-order valence-electron chi connectivity index (χ2n) is 5.78. The molecule has 0 aromatic carbocycles. The minimum absolute atomic E-state index is 0.328. The minimum Gasteiger partial charge on any atom is -0.271 e. The zero-order chi connectivity index (χ0) is 14.9. The van der Waals surface area contributed by atoms with Crippen LogP contribution in [0.5, 0.6) is 0 Å². The van der Waals surface area contributed by atoms with Crippen molar-refractivity contribution < 1.29 is 0 Å². The fraction of sp³-hybridized carbons (Fsp3) is 0.647. The summed E-state index contributed by atoms with van der Waals surface area (Å²) in [6, 6.07) is 4.84. The third kappa shape index (κ3) is 5.37. The third-order valence-electron chi connectivity index (χ3n) is 4.05. The predicted octanol–water partition coefficient (Wildman–Crippen LogP) is 6.00. The quantitative estimate of drug-likeness (QED) is 0.302. The van der Waals surface area contributed by atoms with Gasteiger partial charge in [0.15, 0.2) is 0 Å². The van der Waals surface area contributed by atoms with Crippen LogP contribution in [0, 0.1) is 0 Å². The monoisotopic (exact) mass is 324 g/mol. The standard InChI is InChI=1S/C17H28N2S2/c1-2-3-4-5-6-7-8-9-10-14(19-18)16-13-17-15(21-16)11-12-20-17/h11-14,19H,2-10,18H2,1H3. The summed E-state index contributed by atoms with van der Waals surface area (Å²) in [4.78, 5) is 1.39. The predicted molar refractivity (Wildman–Crippen MR) is 97.0 cm³/mol. The number of rotatable bonds is 11. The van der Waals surface area contributed by atoms with Crippen molar-refractivity contribution in [2.45, 2.75) is 70.8 Å². The molecule has 0 bridgehead atoms. The summed E-state index contributed by atoms with van der Waals surface area (Å²) in [6.45, 7) is 2.27. The van der Waals surface area contributed by atoms with E-state index in [9.17, 15) is 0 Å². The van der Waals surface area contributed by atoms with Crippen molar-refractivity contribution in [2.24, 2.45) is 5.84 Å². The Morgan fingerprint density at radius 1 is 1.05 bits per heavy atom. The number of hydrogen-bond donors (Lipinski definition) is 2. The highest BCUT2D eigenvalue weighted by molar-refractivity contribution is 7.26. The Labute approximate surface area is 136 Å². The summed E-state index contributed by atoms with van der Waals surface area (Å²) in [5.41, 5.74) is 3.00. The Morgan fingerprint density at radius 2 is 1.76 bits per heavy atom. The van der Waals surface area contributed by atoms with Crippen molar-refractivity contribution >= 4 is 32.1 Å². The maximum atomic E-state index is 5.75. The maximum Gasteiger partial charge on any atom is 0.0554 e. The van der Waals surface area contributed by atoms with Gasteiger partial charge in [0.25, 0.3) is 0 Å². The Kier molecular flexibility index (Phi) is 7.72. The molecule has 0 saturated heterocycles. The van der Waals surface area contributed by atoms with Crippen LogP contribution in [0.1, 0.15) is 75.6 Å². The van der Waals surface area contributed by atoms with Crippen LogP contribution in [0.3, 0.4) is 0 Å².